The minimum atomic E-state index is -1.26. The molecular formula is C24H26N2O4. The summed E-state index contributed by atoms with van der Waals surface area (Å²) in [5.74, 6) is -2.51. The normalized spacial score (nSPS) is 16.2. The molecule has 1 aromatic carbocycles. The van der Waals surface area contributed by atoms with E-state index in [9.17, 15) is 9.59 Å². The van der Waals surface area contributed by atoms with E-state index in [-0.39, 0.29) is 0 Å². The number of likely N-dealkylation sites (tertiary alicyclic amines) is 1. The summed E-state index contributed by atoms with van der Waals surface area (Å²) >= 11 is 0. The van der Waals surface area contributed by atoms with Crippen molar-refractivity contribution in [3.8, 4) is 0 Å². The zero-order valence-electron chi connectivity index (χ0n) is 17.0. The number of piperidine rings is 1. The molecule has 30 heavy (non-hydrogen) atoms. The molecule has 2 aliphatic rings. The highest BCUT2D eigenvalue weighted by atomic mass is 16.4. The van der Waals surface area contributed by atoms with Gasteiger partial charge >= 0.3 is 11.9 Å². The molecule has 0 unspecified atom stereocenters. The van der Waals surface area contributed by atoms with Gasteiger partial charge in [-0.1, -0.05) is 35.9 Å². The molecule has 156 valence electrons. The first kappa shape index (κ1) is 21.5. The van der Waals surface area contributed by atoms with Gasteiger partial charge in [-0.05, 0) is 55.5 Å². The van der Waals surface area contributed by atoms with Crippen molar-refractivity contribution in [1.29, 1.82) is 0 Å². The van der Waals surface area contributed by atoms with Crippen LogP contribution in [0.2, 0.25) is 0 Å². The van der Waals surface area contributed by atoms with Crippen LogP contribution in [0.1, 0.15) is 35.2 Å². The molecule has 1 aromatic heterocycles. The highest BCUT2D eigenvalue weighted by Gasteiger charge is 2.23. The van der Waals surface area contributed by atoms with E-state index in [2.05, 4.69) is 48.3 Å². The van der Waals surface area contributed by atoms with Crippen molar-refractivity contribution in [2.45, 2.75) is 25.7 Å². The van der Waals surface area contributed by atoms with Gasteiger partial charge in [0.1, 0.15) is 0 Å². The predicted molar refractivity (Wildman–Crippen MR) is 115 cm³/mol. The van der Waals surface area contributed by atoms with Crippen molar-refractivity contribution in [1.82, 2.24) is 9.88 Å². The number of aryl methyl sites for hydroxylation is 2. The summed E-state index contributed by atoms with van der Waals surface area (Å²) in [5.41, 5.74) is 8.54. The molecule has 2 aromatic rings. The van der Waals surface area contributed by atoms with Crippen molar-refractivity contribution >= 4 is 17.5 Å². The van der Waals surface area contributed by atoms with E-state index in [1.807, 2.05) is 6.20 Å². The summed E-state index contributed by atoms with van der Waals surface area (Å²) in [6.45, 7) is 2.31. The van der Waals surface area contributed by atoms with Gasteiger partial charge in [-0.15, -0.1) is 0 Å². The molecular weight excluding hydrogens is 380 g/mol. The second-order valence-corrected chi connectivity index (χ2v) is 7.46. The van der Waals surface area contributed by atoms with E-state index in [1.165, 1.54) is 28.0 Å². The minimum Gasteiger partial charge on any atom is -0.478 e. The molecule has 6 nitrogen and oxygen atoms in total. The standard InChI is InChI=1S/C20H22N2.C4H4O4/c1-22-13-10-16(11-14-22)19-18-7-3-2-5-15(18)8-9-17-6-4-12-21-20(17)19;5-3(6)1-2-4(7)8/h2-7,12H,8-11,13-14H2,1H3;1-2H,(H,5,6)(H,7,8). The molecule has 0 atom stereocenters. The van der Waals surface area contributed by atoms with Crippen LogP contribution >= 0.6 is 0 Å². The van der Waals surface area contributed by atoms with Crippen LogP contribution in [-0.4, -0.2) is 52.2 Å². The number of pyridine rings is 1. The van der Waals surface area contributed by atoms with Crippen LogP contribution in [0, 0.1) is 0 Å². The number of rotatable bonds is 2. The predicted octanol–water partition coefficient (Wildman–Crippen LogP) is 3.42. The molecule has 6 heteroatoms. The van der Waals surface area contributed by atoms with E-state index in [4.69, 9.17) is 15.2 Å². The van der Waals surface area contributed by atoms with Crippen LogP contribution in [0.5, 0.6) is 0 Å². The largest absolute Gasteiger partial charge is 0.478 e. The van der Waals surface area contributed by atoms with Crippen molar-refractivity contribution in [2.24, 2.45) is 0 Å². The minimum absolute atomic E-state index is 0.558. The van der Waals surface area contributed by atoms with Gasteiger partial charge in [0.15, 0.2) is 0 Å². The lowest BCUT2D eigenvalue weighted by Gasteiger charge is -2.27. The lowest BCUT2D eigenvalue weighted by Crippen LogP contribution is -2.27. The van der Waals surface area contributed by atoms with Gasteiger partial charge in [-0.25, -0.2) is 9.59 Å². The number of aliphatic carboxylic acids is 2. The molecule has 0 spiro atoms. The number of carbonyl (C=O) groups is 2. The third kappa shape index (κ3) is 5.42. The molecule has 0 amide bonds. The molecule has 0 bridgehead atoms. The van der Waals surface area contributed by atoms with Crippen LogP contribution in [0.25, 0.3) is 5.57 Å². The first-order chi connectivity index (χ1) is 14.5. The SMILES string of the molecule is CN1CCC(=C2c3ccccc3CCc3cccnc32)CC1.O=C(O)C=CC(=O)O. The Kier molecular flexibility index (Phi) is 7.14. The Morgan fingerprint density at radius 3 is 2.17 bits per heavy atom. The molecule has 1 fully saturated rings. The Morgan fingerprint density at radius 1 is 0.900 bits per heavy atom. The van der Waals surface area contributed by atoms with Crippen LogP contribution in [0.4, 0.5) is 0 Å². The molecule has 2 heterocycles. The van der Waals surface area contributed by atoms with Crippen molar-refractivity contribution in [3.63, 3.8) is 0 Å². The zero-order chi connectivity index (χ0) is 21.5. The van der Waals surface area contributed by atoms with Crippen LogP contribution in [-0.2, 0) is 22.4 Å². The number of hydrogen-bond acceptors (Lipinski definition) is 4. The maximum atomic E-state index is 9.55. The van der Waals surface area contributed by atoms with E-state index in [1.54, 1.807) is 5.57 Å². The number of aromatic nitrogens is 1. The second-order valence-electron chi connectivity index (χ2n) is 7.46. The zero-order valence-corrected chi connectivity index (χ0v) is 17.0. The molecule has 0 radical (unpaired) electrons. The first-order valence-corrected chi connectivity index (χ1v) is 10.0. The maximum absolute atomic E-state index is 9.55. The van der Waals surface area contributed by atoms with E-state index < -0.39 is 11.9 Å². The fourth-order valence-electron chi connectivity index (χ4n) is 3.88. The van der Waals surface area contributed by atoms with Gasteiger partial charge in [0.25, 0.3) is 0 Å². The van der Waals surface area contributed by atoms with E-state index in [0.717, 1.165) is 38.8 Å². The summed E-state index contributed by atoms with van der Waals surface area (Å²) in [5, 5.41) is 15.6. The molecule has 1 aliphatic heterocycles. The van der Waals surface area contributed by atoms with Crippen molar-refractivity contribution in [3.05, 3.63) is 82.7 Å². The number of nitrogens with zero attached hydrogens (tertiary/aromatic N) is 2. The lowest BCUT2D eigenvalue weighted by molar-refractivity contribution is -0.134. The summed E-state index contributed by atoms with van der Waals surface area (Å²) in [6, 6.07) is 13.2. The van der Waals surface area contributed by atoms with Crippen LogP contribution < -0.4 is 0 Å². The van der Waals surface area contributed by atoms with Gasteiger partial charge < -0.3 is 15.1 Å². The van der Waals surface area contributed by atoms with Gasteiger partial charge in [0.2, 0.25) is 0 Å². The molecule has 4 rings (SSSR count). The third-order valence-electron chi connectivity index (χ3n) is 5.39. The highest BCUT2D eigenvalue weighted by Crippen LogP contribution is 2.37. The number of carboxylic acid groups (broad SMARTS) is 2. The fourth-order valence-corrected chi connectivity index (χ4v) is 3.88. The number of fused-ring (bicyclic) bond motifs is 2. The summed E-state index contributed by atoms with van der Waals surface area (Å²) in [7, 11) is 2.22. The van der Waals surface area contributed by atoms with Gasteiger partial charge in [0, 0.05) is 37.0 Å². The molecule has 2 N–H and O–H groups in total. The Labute approximate surface area is 176 Å². The fraction of sp³-hybridized carbons (Fsp3) is 0.292. The molecule has 1 saturated heterocycles. The van der Waals surface area contributed by atoms with Crippen molar-refractivity contribution in [2.75, 3.05) is 20.1 Å². The van der Waals surface area contributed by atoms with Crippen LogP contribution in [0.3, 0.4) is 0 Å². The smallest absolute Gasteiger partial charge is 0.328 e. The lowest BCUT2D eigenvalue weighted by atomic mass is 9.89. The maximum Gasteiger partial charge on any atom is 0.328 e. The van der Waals surface area contributed by atoms with Gasteiger partial charge in [0.05, 0.1) is 5.69 Å². The van der Waals surface area contributed by atoms with Crippen LogP contribution in [0.15, 0.2) is 60.3 Å². The Morgan fingerprint density at radius 2 is 1.50 bits per heavy atom. The van der Waals surface area contributed by atoms with E-state index >= 15 is 0 Å². The first-order valence-electron chi connectivity index (χ1n) is 10.0. The Balaban J connectivity index is 0.000000275. The topological polar surface area (TPSA) is 90.7 Å². The summed E-state index contributed by atoms with van der Waals surface area (Å²) in [4.78, 5) is 26.3. The Hall–Kier alpha value is -3.25. The molecule has 0 saturated carbocycles. The quantitative estimate of drug-likeness (QED) is 0.743. The van der Waals surface area contributed by atoms with E-state index in [0.29, 0.717) is 12.2 Å². The monoisotopic (exact) mass is 406 g/mol. The number of benzene rings is 1. The van der Waals surface area contributed by atoms with Gasteiger partial charge in [-0.3, -0.25) is 4.98 Å². The van der Waals surface area contributed by atoms with Gasteiger partial charge in [-0.2, -0.15) is 0 Å². The second kappa shape index (κ2) is 9.98. The summed E-state index contributed by atoms with van der Waals surface area (Å²) < 4.78 is 0. The third-order valence-corrected chi connectivity index (χ3v) is 5.39. The Bertz CT molecular complexity index is 919. The average Bonchev–Trinajstić information content (AvgIpc) is 2.90. The molecule has 1 aliphatic carbocycles. The summed E-state index contributed by atoms with van der Waals surface area (Å²) in [6.07, 6.45) is 7.60. The highest BCUT2D eigenvalue weighted by molar-refractivity contribution is 5.89. The van der Waals surface area contributed by atoms with Crippen molar-refractivity contribution < 1.29 is 19.8 Å². The number of hydrogen-bond donors (Lipinski definition) is 2. The number of carboxylic acids is 2. The average molecular weight is 406 g/mol.